The number of H-pyrrole nitrogens is 1. The van der Waals surface area contributed by atoms with Crippen LogP contribution in [0.1, 0.15) is 10.4 Å². The second-order valence-electron chi connectivity index (χ2n) is 10.8. The molecule has 0 radical (unpaired) electrons. The van der Waals surface area contributed by atoms with Crippen molar-refractivity contribution in [2.24, 2.45) is 0 Å². The smallest absolute Gasteiger partial charge is 0.270 e. The molecule has 0 bridgehead atoms. The van der Waals surface area contributed by atoms with Crippen LogP contribution in [-0.4, -0.2) is 67.0 Å². The number of aromatic amines is 1. The fourth-order valence-corrected chi connectivity index (χ4v) is 6.08. The van der Waals surface area contributed by atoms with Gasteiger partial charge in [-0.25, -0.2) is 9.56 Å². The number of likely N-dealkylation sites (N-methyl/N-ethyl adjacent to an activating group) is 2. The Bertz CT molecular complexity index is 2040. The van der Waals surface area contributed by atoms with Crippen molar-refractivity contribution in [1.82, 2.24) is 19.4 Å². The Labute approximate surface area is 252 Å². The van der Waals surface area contributed by atoms with E-state index in [9.17, 15) is 14.9 Å². The Balaban J connectivity index is 1.12. The van der Waals surface area contributed by atoms with Crippen LogP contribution in [0.4, 0.5) is 11.4 Å². The number of amides is 1. The molecule has 0 fully saturated rings. The average molecular weight is 592 g/mol. The molecule has 0 atom stereocenters. The van der Waals surface area contributed by atoms with Crippen LogP contribution >= 0.6 is 11.3 Å². The Morgan fingerprint density at radius 1 is 0.930 bits per heavy atom. The fraction of sp³-hybridized carbons (Fsp3) is 0.182. The van der Waals surface area contributed by atoms with Crippen LogP contribution in [0.3, 0.4) is 0 Å². The molecule has 1 aliphatic carbocycles. The molecule has 0 saturated heterocycles. The van der Waals surface area contributed by atoms with E-state index in [1.807, 2.05) is 58.5 Å². The molecule has 2 aliphatic rings. The first kappa shape index (κ1) is 28.0. The first-order valence-corrected chi connectivity index (χ1v) is 14.7. The Hall–Kier alpha value is -5.09. The zero-order chi connectivity index (χ0) is 30.2. The summed E-state index contributed by atoms with van der Waals surface area (Å²) < 4.78 is 3.21. The van der Waals surface area contributed by atoms with E-state index in [2.05, 4.69) is 50.9 Å². The number of anilines is 1. The van der Waals surface area contributed by atoms with Gasteiger partial charge in [0.1, 0.15) is 14.1 Å². The number of rotatable bonds is 7. The lowest BCUT2D eigenvalue weighted by molar-refractivity contribution is -0.384. The van der Waals surface area contributed by atoms with E-state index in [1.165, 1.54) is 6.07 Å². The van der Waals surface area contributed by atoms with Crippen molar-refractivity contribution < 1.29 is 9.72 Å². The summed E-state index contributed by atoms with van der Waals surface area (Å²) in [6, 6.07) is 26.7. The minimum atomic E-state index is -0.400. The van der Waals surface area contributed by atoms with Crippen molar-refractivity contribution in [3.8, 4) is 21.8 Å². The molecule has 6 rings (SSSR count). The van der Waals surface area contributed by atoms with Gasteiger partial charge in [0.15, 0.2) is 0 Å². The van der Waals surface area contributed by atoms with Gasteiger partial charge in [-0.05, 0) is 54.1 Å². The van der Waals surface area contributed by atoms with E-state index in [0.29, 0.717) is 18.7 Å². The lowest BCUT2D eigenvalue weighted by Crippen LogP contribution is -2.34. The molecule has 10 heteroatoms. The zero-order valence-electron chi connectivity index (χ0n) is 24.4. The number of fused-ring (bicyclic) bond motifs is 3. The number of nitrogens with zero attached hydrogens (tertiary/aromatic N) is 5. The number of nitro benzene ring substituents is 1. The number of hydrogen-bond donors (Lipinski definition) is 1. The fourth-order valence-electron chi connectivity index (χ4n) is 5.05. The van der Waals surface area contributed by atoms with E-state index in [4.69, 9.17) is 4.98 Å². The van der Waals surface area contributed by atoms with Crippen LogP contribution < -0.4 is 14.8 Å². The molecule has 1 aliphatic heterocycles. The molecule has 0 spiro atoms. The molecule has 216 valence electrons. The Kier molecular flexibility index (Phi) is 7.37. The lowest BCUT2D eigenvalue weighted by Gasteiger charge is -2.24. The maximum Gasteiger partial charge on any atom is 0.270 e. The predicted molar refractivity (Wildman–Crippen MR) is 174 cm³/mol. The van der Waals surface area contributed by atoms with Crippen LogP contribution in [0.25, 0.3) is 42.9 Å². The second kappa shape index (κ2) is 11.3. The molecule has 9 nitrogen and oxygen atoms in total. The van der Waals surface area contributed by atoms with E-state index in [1.54, 1.807) is 28.4 Å². The molecule has 4 aromatic rings. The number of non-ortho nitro benzene ring substituents is 1. The topological polar surface area (TPSA) is 98.4 Å². The standard InChI is InChI=1S/C33H30N6O3S/c1-36(2)24-9-13-28-31(19-24)43-32-20-25(10-14-29(32)35-28)37(3)15-16-38(4)33(40)22-7-5-21(6-8-22)30-18-23-17-26(39(41)42)11-12-27(23)34-30/h5-14,17-20H,15-16H2,1-4H3/p+1. The molecule has 3 aromatic carbocycles. The molecule has 0 unspecified atom stereocenters. The van der Waals surface area contributed by atoms with Gasteiger partial charge in [0.05, 0.1) is 25.7 Å². The number of hydrogen-bond acceptors (Lipinski definition) is 6. The highest BCUT2D eigenvalue weighted by Gasteiger charge is 2.15. The van der Waals surface area contributed by atoms with Gasteiger partial charge in [-0.2, -0.15) is 0 Å². The van der Waals surface area contributed by atoms with E-state index < -0.39 is 4.92 Å². The largest absolute Gasteiger partial charge is 0.373 e. The second-order valence-corrected chi connectivity index (χ2v) is 11.9. The summed E-state index contributed by atoms with van der Waals surface area (Å²) in [4.78, 5) is 37.1. The van der Waals surface area contributed by atoms with Crippen LogP contribution in [0.5, 0.6) is 0 Å². The van der Waals surface area contributed by atoms with Crippen molar-refractivity contribution in [3.63, 3.8) is 0 Å². The molecule has 1 N–H and O–H groups in total. The van der Waals surface area contributed by atoms with Crippen molar-refractivity contribution >= 4 is 49.7 Å². The van der Waals surface area contributed by atoms with Crippen LogP contribution in [0.2, 0.25) is 0 Å². The SMILES string of the molecule is CN(CCN(C)c1ccc2nc3ccc(=[N+](C)C)cc-3sc2c1)C(=O)c1ccc(-c2cc3cc([N+](=O)[O-])ccc3[nH]2)cc1. The third-order valence-corrected chi connectivity index (χ3v) is 8.77. The molecule has 43 heavy (non-hydrogen) atoms. The zero-order valence-corrected chi connectivity index (χ0v) is 25.2. The summed E-state index contributed by atoms with van der Waals surface area (Å²) in [5.74, 6) is -0.0553. The molecule has 2 heterocycles. The number of carbonyl (C=O) groups is 1. The lowest BCUT2D eigenvalue weighted by atomic mass is 10.1. The summed E-state index contributed by atoms with van der Waals surface area (Å²) in [6.45, 7) is 1.23. The normalized spacial score (nSPS) is 11.3. The van der Waals surface area contributed by atoms with E-state index in [0.717, 1.165) is 54.0 Å². The summed E-state index contributed by atoms with van der Waals surface area (Å²) >= 11 is 1.73. The predicted octanol–water partition coefficient (Wildman–Crippen LogP) is 5.70. The number of nitrogens with one attached hydrogen (secondary N) is 1. The van der Waals surface area contributed by atoms with Gasteiger partial charge in [-0.3, -0.25) is 14.9 Å². The van der Waals surface area contributed by atoms with Gasteiger partial charge in [0.2, 0.25) is 5.36 Å². The van der Waals surface area contributed by atoms with Gasteiger partial charge >= 0.3 is 0 Å². The monoisotopic (exact) mass is 591 g/mol. The van der Waals surface area contributed by atoms with Gasteiger partial charge in [-0.15, -0.1) is 11.3 Å². The molecule has 0 saturated carbocycles. The molecule has 1 amide bonds. The quantitative estimate of drug-likeness (QED) is 0.111. The first-order valence-electron chi connectivity index (χ1n) is 13.9. The summed E-state index contributed by atoms with van der Waals surface area (Å²) in [6.07, 6.45) is 0. The molecular weight excluding hydrogens is 560 g/mol. The highest BCUT2D eigenvalue weighted by molar-refractivity contribution is 7.21. The highest BCUT2D eigenvalue weighted by Crippen LogP contribution is 2.32. The van der Waals surface area contributed by atoms with Crippen LogP contribution in [-0.2, 0) is 0 Å². The van der Waals surface area contributed by atoms with Crippen molar-refractivity contribution in [3.05, 3.63) is 106 Å². The molecule has 1 aromatic heterocycles. The Morgan fingerprint density at radius 2 is 1.72 bits per heavy atom. The van der Waals surface area contributed by atoms with Crippen LogP contribution in [0.15, 0.2) is 84.9 Å². The first-order chi connectivity index (χ1) is 20.7. The number of nitro groups is 1. The van der Waals surface area contributed by atoms with E-state index in [-0.39, 0.29) is 11.6 Å². The van der Waals surface area contributed by atoms with Gasteiger partial charge in [0, 0.05) is 79.3 Å². The van der Waals surface area contributed by atoms with Crippen LogP contribution in [0, 0.1) is 10.1 Å². The van der Waals surface area contributed by atoms with Gasteiger partial charge < -0.3 is 14.8 Å². The summed E-state index contributed by atoms with van der Waals surface area (Å²) in [5, 5.41) is 13.0. The number of aromatic nitrogens is 2. The summed E-state index contributed by atoms with van der Waals surface area (Å²) in [7, 11) is 7.92. The Morgan fingerprint density at radius 3 is 2.47 bits per heavy atom. The number of carbonyl (C=O) groups excluding carboxylic acids is 1. The maximum atomic E-state index is 13.2. The van der Waals surface area contributed by atoms with Gasteiger partial charge in [-0.1, -0.05) is 12.1 Å². The van der Waals surface area contributed by atoms with Crippen molar-refractivity contribution in [2.45, 2.75) is 0 Å². The van der Waals surface area contributed by atoms with Crippen molar-refractivity contribution in [2.75, 3.05) is 46.2 Å². The number of benzene rings is 4. The van der Waals surface area contributed by atoms with Crippen molar-refractivity contribution in [1.29, 1.82) is 0 Å². The minimum Gasteiger partial charge on any atom is -0.373 e. The minimum absolute atomic E-state index is 0.0539. The molecular formula is C33H31N6O3S+. The van der Waals surface area contributed by atoms with Gasteiger partial charge in [0.25, 0.3) is 11.6 Å². The average Bonchev–Trinajstić information content (AvgIpc) is 3.45. The third-order valence-electron chi connectivity index (χ3n) is 7.68. The summed E-state index contributed by atoms with van der Waals surface area (Å²) in [5.41, 5.74) is 6.24. The van der Waals surface area contributed by atoms with E-state index >= 15 is 0 Å². The maximum absolute atomic E-state index is 13.2. The highest BCUT2D eigenvalue weighted by atomic mass is 32.1. The third kappa shape index (κ3) is 5.69.